The van der Waals surface area contributed by atoms with Crippen LogP contribution in [0.25, 0.3) is 0 Å². The Labute approximate surface area is 61.4 Å². The lowest BCUT2D eigenvalue weighted by molar-refractivity contribution is 0.109. The zero-order valence-corrected chi connectivity index (χ0v) is 6.30. The molecule has 2 unspecified atom stereocenters. The third kappa shape index (κ3) is 0.581. The standard InChI is InChI=1S/C8H12N2/c1-8-3-2-7(8)4-10(5-8)6-9/h7H,2-5H2,1H3. The van der Waals surface area contributed by atoms with E-state index in [1.807, 2.05) is 4.90 Å². The van der Waals surface area contributed by atoms with Crippen molar-refractivity contribution in [1.29, 1.82) is 5.26 Å². The van der Waals surface area contributed by atoms with Gasteiger partial charge in [-0.15, -0.1) is 0 Å². The van der Waals surface area contributed by atoms with Crippen molar-refractivity contribution in [2.75, 3.05) is 13.1 Å². The first kappa shape index (κ1) is 6.03. The molecular formula is C8H12N2. The second-order valence-electron chi connectivity index (χ2n) is 3.87. The van der Waals surface area contributed by atoms with Gasteiger partial charge in [0.15, 0.2) is 6.19 Å². The van der Waals surface area contributed by atoms with Crippen LogP contribution >= 0.6 is 0 Å². The van der Waals surface area contributed by atoms with Crippen LogP contribution in [0.2, 0.25) is 0 Å². The predicted octanol–water partition coefficient (Wildman–Crippen LogP) is 1.20. The van der Waals surface area contributed by atoms with Gasteiger partial charge in [0.1, 0.15) is 0 Å². The van der Waals surface area contributed by atoms with Gasteiger partial charge in [-0.05, 0) is 24.2 Å². The van der Waals surface area contributed by atoms with Crippen molar-refractivity contribution in [2.45, 2.75) is 19.8 Å². The minimum absolute atomic E-state index is 0.510. The van der Waals surface area contributed by atoms with E-state index < -0.39 is 0 Å². The largest absolute Gasteiger partial charge is 0.310 e. The Morgan fingerprint density at radius 1 is 1.70 bits per heavy atom. The first-order valence-corrected chi connectivity index (χ1v) is 3.89. The van der Waals surface area contributed by atoms with Gasteiger partial charge in [0, 0.05) is 13.1 Å². The molecule has 2 aliphatic rings. The Balaban J connectivity index is 2.11. The van der Waals surface area contributed by atoms with E-state index in [2.05, 4.69) is 13.1 Å². The maximum Gasteiger partial charge on any atom is 0.179 e. The summed E-state index contributed by atoms with van der Waals surface area (Å²) in [6, 6.07) is 0. The Morgan fingerprint density at radius 2 is 2.50 bits per heavy atom. The number of hydrogen-bond donors (Lipinski definition) is 0. The molecule has 2 rings (SSSR count). The topological polar surface area (TPSA) is 27.0 Å². The van der Waals surface area contributed by atoms with E-state index in [0.717, 1.165) is 19.0 Å². The van der Waals surface area contributed by atoms with Crippen LogP contribution < -0.4 is 0 Å². The number of hydrogen-bond acceptors (Lipinski definition) is 2. The fourth-order valence-electron chi connectivity index (χ4n) is 2.20. The zero-order chi connectivity index (χ0) is 7.19. The molecule has 0 aromatic rings. The van der Waals surface area contributed by atoms with Crippen LogP contribution in [0.4, 0.5) is 0 Å². The zero-order valence-electron chi connectivity index (χ0n) is 6.30. The van der Waals surface area contributed by atoms with Gasteiger partial charge in [-0.1, -0.05) is 6.92 Å². The summed E-state index contributed by atoms with van der Waals surface area (Å²) in [5.41, 5.74) is 0.510. The summed E-state index contributed by atoms with van der Waals surface area (Å²) in [7, 11) is 0. The van der Waals surface area contributed by atoms with Crippen molar-refractivity contribution in [2.24, 2.45) is 11.3 Å². The lowest BCUT2D eigenvalue weighted by Crippen LogP contribution is -2.35. The molecule has 54 valence electrons. The van der Waals surface area contributed by atoms with Crippen molar-refractivity contribution >= 4 is 0 Å². The van der Waals surface area contributed by atoms with E-state index in [1.165, 1.54) is 12.8 Å². The second kappa shape index (κ2) is 1.66. The van der Waals surface area contributed by atoms with Crippen molar-refractivity contribution < 1.29 is 0 Å². The average Bonchev–Trinajstić information content (AvgIpc) is 2.13. The van der Waals surface area contributed by atoms with Crippen LogP contribution in [-0.2, 0) is 0 Å². The molecule has 2 fully saturated rings. The van der Waals surface area contributed by atoms with E-state index >= 15 is 0 Å². The summed E-state index contributed by atoms with van der Waals surface area (Å²) in [6.07, 6.45) is 4.89. The molecule has 0 bridgehead atoms. The van der Waals surface area contributed by atoms with E-state index in [0.29, 0.717) is 5.41 Å². The third-order valence-electron chi connectivity index (χ3n) is 3.18. The fraction of sp³-hybridized carbons (Fsp3) is 0.875. The molecule has 0 N–H and O–H groups in total. The van der Waals surface area contributed by atoms with E-state index in [4.69, 9.17) is 5.26 Å². The van der Waals surface area contributed by atoms with E-state index in [1.54, 1.807) is 0 Å². The molecule has 1 heterocycles. The lowest BCUT2D eigenvalue weighted by Gasteiger charge is -2.40. The molecule has 2 nitrogen and oxygen atoms in total. The molecule has 1 aliphatic heterocycles. The number of nitrogens with zero attached hydrogens (tertiary/aromatic N) is 2. The van der Waals surface area contributed by atoms with Gasteiger partial charge in [-0.2, -0.15) is 5.26 Å². The van der Waals surface area contributed by atoms with Crippen molar-refractivity contribution in [3.8, 4) is 6.19 Å². The maximum absolute atomic E-state index is 8.62. The van der Waals surface area contributed by atoms with Crippen LogP contribution in [0, 0.1) is 22.8 Å². The summed E-state index contributed by atoms with van der Waals surface area (Å²) in [5.74, 6) is 0.826. The molecule has 10 heavy (non-hydrogen) atoms. The quantitative estimate of drug-likeness (QED) is 0.468. The molecular weight excluding hydrogens is 124 g/mol. The first-order valence-electron chi connectivity index (χ1n) is 3.89. The minimum Gasteiger partial charge on any atom is -0.310 e. The van der Waals surface area contributed by atoms with Gasteiger partial charge < -0.3 is 4.90 Å². The van der Waals surface area contributed by atoms with Gasteiger partial charge in [-0.3, -0.25) is 0 Å². The van der Waals surface area contributed by atoms with Crippen LogP contribution in [0.1, 0.15) is 19.8 Å². The predicted molar refractivity (Wildman–Crippen MR) is 38.0 cm³/mol. The molecule has 0 amide bonds. The van der Waals surface area contributed by atoms with Gasteiger partial charge in [0.05, 0.1) is 0 Å². The molecule has 1 aliphatic carbocycles. The second-order valence-corrected chi connectivity index (χ2v) is 3.87. The van der Waals surface area contributed by atoms with Gasteiger partial charge >= 0.3 is 0 Å². The van der Waals surface area contributed by atoms with Crippen molar-refractivity contribution in [3.63, 3.8) is 0 Å². The van der Waals surface area contributed by atoms with Crippen molar-refractivity contribution in [1.82, 2.24) is 4.90 Å². The lowest BCUT2D eigenvalue weighted by atomic mass is 9.64. The summed E-state index contributed by atoms with van der Waals surface area (Å²) >= 11 is 0. The number of rotatable bonds is 0. The monoisotopic (exact) mass is 136 g/mol. The molecule has 2 atom stereocenters. The number of nitriles is 1. The summed E-state index contributed by atoms with van der Waals surface area (Å²) in [6.45, 7) is 4.33. The summed E-state index contributed by atoms with van der Waals surface area (Å²) in [5, 5.41) is 8.62. The smallest absolute Gasteiger partial charge is 0.179 e. The Bertz CT molecular complexity index is 194. The van der Waals surface area contributed by atoms with Crippen LogP contribution in [0.3, 0.4) is 0 Å². The highest BCUT2D eigenvalue weighted by Crippen LogP contribution is 2.51. The molecule has 0 spiro atoms. The molecule has 1 saturated heterocycles. The number of likely N-dealkylation sites (tertiary alicyclic amines) is 1. The molecule has 0 aromatic heterocycles. The van der Waals surface area contributed by atoms with E-state index in [-0.39, 0.29) is 0 Å². The van der Waals surface area contributed by atoms with Crippen LogP contribution in [0.15, 0.2) is 0 Å². The van der Waals surface area contributed by atoms with E-state index in [9.17, 15) is 0 Å². The van der Waals surface area contributed by atoms with Gasteiger partial charge in [-0.25, -0.2) is 0 Å². The SMILES string of the molecule is CC12CCC1CN(C#N)C2. The maximum atomic E-state index is 8.62. The fourth-order valence-corrected chi connectivity index (χ4v) is 2.20. The van der Waals surface area contributed by atoms with Crippen LogP contribution in [0.5, 0.6) is 0 Å². The molecule has 0 aromatic carbocycles. The Hall–Kier alpha value is -0.710. The van der Waals surface area contributed by atoms with Gasteiger partial charge in [0.2, 0.25) is 0 Å². The molecule has 2 heteroatoms. The number of fused-ring (bicyclic) bond motifs is 1. The normalized spacial score (nSPS) is 44.0. The third-order valence-corrected chi connectivity index (χ3v) is 3.18. The summed E-state index contributed by atoms with van der Waals surface area (Å²) in [4.78, 5) is 1.90. The average molecular weight is 136 g/mol. The highest BCUT2D eigenvalue weighted by atomic mass is 15.2. The van der Waals surface area contributed by atoms with Gasteiger partial charge in [0.25, 0.3) is 0 Å². The Morgan fingerprint density at radius 3 is 2.80 bits per heavy atom. The van der Waals surface area contributed by atoms with Crippen LogP contribution in [-0.4, -0.2) is 18.0 Å². The highest BCUT2D eigenvalue weighted by Gasteiger charge is 2.49. The van der Waals surface area contributed by atoms with Crippen molar-refractivity contribution in [3.05, 3.63) is 0 Å². The molecule has 1 saturated carbocycles. The molecule has 0 radical (unpaired) electrons. The Kier molecular flexibility index (Phi) is 1.00. The first-order chi connectivity index (χ1) is 4.74. The summed E-state index contributed by atoms with van der Waals surface area (Å²) < 4.78 is 0. The highest BCUT2D eigenvalue weighted by molar-refractivity contribution is 5.03. The minimum atomic E-state index is 0.510.